The molecule has 0 aliphatic rings. The Balaban J connectivity index is 2.16. The first-order valence-corrected chi connectivity index (χ1v) is 9.58. The normalized spacial score (nSPS) is 10.6. The molecule has 0 fully saturated rings. The van der Waals surface area contributed by atoms with E-state index in [-0.39, 0.29) is 23.0 Å². The van der Waals surface area contributed by atoms with E-state index in [4.69, 9.17) is 9.47 Å². The quantitative estimate of drug-likeness (QED) is 0.537. The maximum Gasteiger partial charge on any atom is 0.201 e. The maximum atomic E-state index is 11.2. The Bertz CT molecular complexity index is 832. The van der Waals surface area contributed by atoms with Crippen LogP contribution in [-0.4, -0.2) is 23.4 Å². The molecule has 146 valence electrons. The summed E-state index contributed by atoms with van der Waals surface area (Å²) in [5, 5.41) is 22.1. The van der Waals surface area contributed by atoms with E-state index in [2.05, 4.69) is 0 Å². The average Bonchev–Trinajstić information content (AvgIpc) is 2.73. The molecule has 0 unspecified atom stereocenters. The zero-order valence-corrected chi connectivity index (χ0v) is 16.3. The van der Waals surface area contributed by atoms with Gasteiger partial charge < -0.3 is 19.7 Å². The van der Waals surface area contributed by atoms with Gasteiger partial charge in [-0.15, -0.1) is 0 Å². The van der Waals surface area contributed by atoms with Gasteiger partial charge in [0.15, 0.2) is 11.5 Å². The van der Waals surface area contributed by atoms with E-state index in [0.717, 1.165) is 11.1 Å². The highest BCUT2D eigenvalue weighted by Crippen LogP contribution is 2.49. The van der Waals surface area contributed by atoms with Gasteiger partial charge in [0.05, 0.1) is 13.2 Å². The zero-order valence-electron chi connectivity index (χ0n) is 16.3. The molecule has 0 saturated carbocycles. The van der Waals surface area contributed by atoms with Crippen LogP contribution in [0.25, 0.3) is 0 Å². The van der Waals surface area contributed by atoms with Gasteiger partial charge in [-0.05, 0) is 25.0 Å². The fraction of sp³-hybridized carbons (Fsp3) is 0.250. The van der Waals surface area contributed by atoms with Gasteiger partial charge in [0, 0.05) is 24.0 Å². The summed E-state index contributed by atoms with van der Waals surface area (Å²) in [6, 6.07) is 19.6. The Labute approximate surface area is 166 Å². The number of phenolic OH excluding ortho intramolecular Hbond substituents is 2. The van der Waals surface area contributed by atoms with Crippen LogP contribution in [0.1, 0.15) is 36.1 Å². The van der Waals surface area contributed by atoms with Crippen LogP contribution in [0.4, 0.5) is 0 Å². The predicted molar refractivity (Wildman–Crippen MR) is 111 cm³/mol. The summed E-state index contributed by atoms with van der Waals surface area (Å²) in [5.74, 6) is 0.615. The second kappa shape index (κ2) is 9.18. The van der Waals surface area contributed by atoms with Gasteiger partial charge in [-0.3, -0.25) is 0 Å². The molecule has 3 aromatic carbocycles. The maximum absolute atomic E-state index is 11.2. The van der Waals surface area contributed by atoms with Crippen molar-refractivity contribution in [1.29, 1.82) is 0 Å². The van der Waals surface area contributed by atoms with Gasteiger partial charge in [-0.2, -0.15) is 0 Å². The van der Waals surface area contributed by atoms with Crippen LogP contribution in [0.5, 0.6) is 23.0 Å². The third-order valence-electron chi connectivity index (χ3n) is 4.57. The zero-order chi connectivity index (χ0) is 19.9. The first-order chi connectivity index (χ1) is 13.7. The SMILES string of the molecule is CCOc1c(O)c(OCC)c(Cc2ccccc2)c(O)c1Cc1ccccc1. The number of hydrogen-bond acceptors (Lipinski definition) is 4. The fourth-order valence-electron chi connectivity index (χ4n) is 3.31. The van der Waals surface area contributed by atoms with E-state index in [0.29, 0.717) is 37.2 Å². The lowest BCUT2D eigenvalue weighted by Crippen LogP contribution is -2.05. The van der Waals surface area contributed by atoms with Crippen molar-refractivity contribution < 1.29 is 19.7 Å². The molecule has 28 heavy (non-hydrogen) atoms. The Morgan fingerprint density at radius 2 is 1.00 bits per heavy atom. The molecule has 0 aliphatic carbocycles. The number of rotatable bonds is 8. The first-order valence-electron chi connectivity index (χ1n) is 9.58. The van der Waals surface area contributed by atoms with Crippen molar-refractivity contribution >= 4 is 0 Å². The summed E-state index contributed by atoms with van der Waals surface area (Å²) in [6.45, 7) is 4.44. The summed E-state index contributed by atoms with van der Waals surface area (Å²) in [5.41, 5.74) is 3.18. The van der Waals surface area contributed by atoms with E-state index in [1.165, 1.54) is 0 Å². The highest BCUT2D eigenvalue weighted by atomic mass is 16.5. The highest BCUT2D eigenvalue weighted by molar-refractivity contribution is 5.67. The van der Waals surface area contributed by atoms with Crippen LogP contribution >= 0.6 is 0 Å². The van der Waals surface area contributed by atoms with Gasteiger partial charge >= 0.3 is 0 Å². The topological polar surface area (TPSA) is 58.9 Å². The van der Waals surface area contributed by atoms with Crippen LogP contribution in [0.2, 0.25) is 0 Å². The Morgan fingerprint density at radius 3 is 1.36 bits per heavy atom. The summed E-state index contributed by atoms with van der Waals surface area (Å²) < 4.78 is 11.4. The molecule has 0 aromatic heterocycles. The molecule has 3 aromatic rings. The van der Waals surface area contributed by atoms with E-state index >= 15 is 0 Å². The number of hydrogen-bond donors (Lipinski definition) is 2. The van der Waals surface area contributed by atoms with E-state index in [1.807, 2.05) is 74.5 Å². The monoisotopic (exact) mass is 378 g/mol. The molecule has 0 radical (unpaired) electrons. The molecule has 4 nitrogen and oxygen atoms in total. The number of phenols is 2. The van der Waals surface area contributed by atoms with Crippen molar-refractivity contribution in [1.82, 2.24) is 0 Å². The summed E-state index contributed by atoms with van der Waals surface area (Å²) in [7, 11) is 0. The molecule has 0 bridgehead atoms. The minimum Gasteiger partial charge on any atom is -0.507 e. The Hall–Kier alpha value is -3.14. The lowest BCUT2D eigenvalue weighted by Gasteiger charge is -2.21. The van der Waals surface area contributed by atoms with Crippen molar-refractivity contribution in [3.63, 3.8) is 0 Å². The molecule has 3 rings (SSSR count). The molecule has 4 heteroatoms. The van der Waals surface area contributed by atoms with Crippen molar-refractivity contribution in [3.8, 4) is 23.0 Å². The molecule has 0 saturated heterocycles. The lowest BCUT2D eigenvalue weighted by atomic mass is 9.95. The van der Waals surface area contributed by atoms with Gasteiger partial charge in [-0.25, -0.2) is 0 Å². The molecular weight excluding hydrogens is 352 g/mol. The first kappa shape index (κ1) is 19.6. The number of benzene rings is 3. The lowest BCUT2D eigenvalue weighted by molar-refractivity contribution is 0.281. The van der Waals surface area contributed by atoms with Gasteiger partial charge in [0.1, 0.15) is 5.75 Å². The predicted octanol–water partition coefficient (Wildman–Crippen LogP) is 5.08. The van der Waals surface area contributed by atoms with Gasteiger partial charge in [0.25, 0.3) is 0 Å². The fourth-order valence-corrected chi connectivity index (χ4v) is 3.31. The van der Waals surface area contributed by atoms with Crippen molar-refractivity contribution in [2.24, 2.45) is 0 Å². The largest absolute Gasteiger partial charge is 0.507 e. The van der Waals surface area contributed by atoms with Gasteiger partial charge in [0.2, 0.25) is 5.75 Å². The van der Waals surface area contributed by atoms with Crippen LogP contribution in [0.3, 0.4) is 0 Å². The second-order valence-electron chi connectivity index (χ2n) is 6.50. The van der Waals surface area contributed by atoms with Crippen molar-refractivity contribution in [3.05, 3.63) is 82.9 Å². The minimum atomic E-state index is -0.0571. The third-order valence-corrected chi connectivity index (χ3v) is 4.57. The molecule has 0 heterocycles. The standard InChI is InChI=1S/C24H26O4/c1-3-27-23-19(15-17-11-7-5-8-12-17)21(25)20(24(22(23)26)28-4-2)16-18-13-9-6-10-14-18/h5-14,25-26H,3-4,15-16H2,1-2H3. The van der Waals surface area contributed by atoms with E-state index in [9.17, 15) is 10.2 Å². The average molecular weight is 378 g/mol. The Morgan fingerprint density at radius 1 is 0.607 bits per heavy atom. The second-order valence-corrected chi connectivity index (χ2v) is 6.50. The summed E-state index contributed by atoms with van der Waals surface area (Å²) in [6.07, 6.45) is 0.896. The van der Waals surface area contributed by atoms with Crippen LogP contribution in [0.15, 0.2) is 60.7 Å². The van der Waals surface area contributed by atoms with Crippen LogP contribution in [-0.2, 0) is 12.8 Å². The molecule has 0 amide bonds. The Kier molecular flexibility index (Phi) is 6.43. The van der Waals surface area contributed by atoms with Crippen LogP contribution < -0.4 is 9.47 Å². The molecule has 0 spiro atoms. The molecule has 2 N–H and O–H groups in total. The summed E-state index contributed by atoms with van der Waals surface area (Å²) in [4.78, 5) is 0. The van der Waals surface area contributed by atoms with Crippen molar-refractivity contribution in [2.75, 3.05) is 13.2 Å². The molecule has 0 atom stereocenters. The smallest absolute Gasteiger partial charge is 0.201 e. The number of aromatic hydroxyl groups is 2. The van der Waals surface area contributed by atoms with E-state index < -0.39 is 0 Å². The van der Waals surface area contributed by atoms with E-state index in [1.54, 1.807) is 0 Å². The number of ether oxygens (including phenoxy) is 2. The molecular formula is C24H26O4. The van der Waals surface area contributed by atoms with Gasteiger partial charge in [-0.1, -0.05) is 60.7 Å². The third kappa shape index (κ3) is 4.22. The highest BCUT2D eigenvalue weighted by Gasteiger charge is 2.26. The summed E-state index contributed by atoms with van der Waals surface area (Å²) >= 11 is 0. The van der Waals surface area contributed by atoms with Crippen LogP contribution in [0, 0.1) is 0 Å². The van der Waals surface area contributed by atoms with Crippen molar-refractivity contribution in [2.45, 2.75) is 26.7 Å². The molecule has 0 aliphatic heterocycles. The minimum absolute atomic E-state index is 0.0571.